The van der Waals surface area contributed by atoms with Gasteiger partial charge in [-0.2, -0.15) is 0 Å². The van der Waals surface area contributed by atoms with Crippen LogP contribution < -0.4 is 10.5 Å². The maximum atomic E-state index is 13.7. The van der Waals surface area contributed by atoms with Gasteiger partial charge in [-0.05, 0) is 48.2 Å². The maximum absolute atomic E-state index is 13.7. The van der Waals surface area contributed by atoms with Gasteiger partial charge in [0.2, 0.25) is 5.91 Å². The molecule has 1 atom stereocenters. The third kappa shape index (κ3) is 4.04. The van der Waals surface area contributed by atoms with E-state index >= 15 is 0 Å². The highest BCUT2D eigenvalue weighted by atomic mass is 35.5. The number of benzene rings is 2. The molecule has 0 fully saturated rings. The Kier molecular flexibility index (Phi) is 5.76. The Labute approximate surface area is 209 Å². The Morgan fingerprint density at radius 1 is 1.06 bits per heavy atom. The molecule has 0 saturated carbocycles. The number of allylic oxidation sites excluding steroid dienone is 3. The number of anilines is 1. The SMILES string of the molecule is C=CCn1c(=O)c(C2CC(=O)N(c3ccccc3)C3=C2C(=O)CC(C)(C)C3)cc2cc(Cl)ccc21. The highest BCUT2D eigenvalue weighted by Crippen LogP contribution is 2.47. The molecule has 0 radical (unpaired) electrons. The van der Waals surface area contributed by atoms with Gasteiger partial charge in [0.25, 0.3) is 5.56 Å². The number of para-hydroxylation sites is 1. The van der Waals surface area contributed by atoms with Crippen LogP contribution >= 0.6 is 11.6 Å². The summed E-state index contributed by atoms with van der Waals surface area (Å²) in [6, 6.07) is 16.6. The molecule has 178 valence electrons. The van der Waals surface area contributed by atoms with Crippen LogP contribution in [0.2, 0.25) is 5.02 Å². The minimum Gasteiger partial charge on any atom is -0.304 e. The zero-order valence-corrected chi connectivity index (χ0v) is 20.6. The van der Waals surface area contributed by atoms with Crippen molar-refractivity contribution in [3.05, 3.63) is 99.5 Å². The van der Waals surface area contributed by atoms with Crippen LogP contribution in [0, 0.1) is 5.41 Å². The van der Waals surface area contributed by atoms with Crippen molar-refractivity contribution < 1.29 is 9.59 Å². The zero-order chi connectivity index (χ0) is 24.9. The number of rotatable bonds is 4. The Morgan fingerprint density at radius 2 is 1.80 bits per heavy atom. The lowest BCUT2D eigenvalue weighted by molar-refractivity contribution is -0.121. The molecular weight excluding hydrogens is 460 g/mol. The standard InChI is InChI=1S/C29H27ClN2O3/c1-4-12-31-23-11-10-19(30)13-18(23)14-22(28(31)35)21-15-26(34)32(20-8-6-5-7-9-20)24-16-29(2,3)17-25(33)27(21)24/h4-11,13-14,21H,1,12,15-17H2,2-3H3. The van der Waals surface area contributed by atoms with Crippen molar-refractivity contribution in [1.82, 2.24) is 4.57 Å². The van der Waals surface area contributed by atoms with E-state index in [1.54, 1.807) is 33.7 Å². The van der Waals surface area contributed by atoms with Gasteiger partial charge >= 0.3 is 0 Å². The van der Waals surface area contributed by atoms with Crippen LogP contribution in [0.15, 0.2) is 83.3 Å². The highest BCUT2D eigenvalue weighted by Gasteiger charge is 2.45. The van der Waals surface area contributed by atoms with E-state index in [1.165, 1.54) is 0 Å². The predicted octanol–water partition coefficient (Wildman–Crippen LogP) is 6.00. The van der Waals surface area contributed by atoms with Crippen LogP contribution in [0.4, 0.5) is 5.69 Å². The third-order valence-electron chi connectivity index (χ3n) is 6.93. The van der Waals surface area contributed by atoms with Gasteiger partial charge in [0, 0.05) is 58.2 Å². The predicted molar refractivity (Wildman–Crippen MR) is 140 cm³/mol. The van der Waals surface area contributed by atoms with Gasteiger partial charge in [-0.25, -0.2) is 0 Å². The first-order valence-electron chi connectivity index (χ1n) is 11.8. The van der Waals surface area contributed by atoms with Crippen LogP contribution in [0.1, 0.15) is 44.6 Å². The van der Waals surface area contributed by atoms with Crippen molar-refractivity contribution in [2.75, 3.05) is 4.90 Å². The number of carbonyl (C=O) groups excluding carboxylic acids is 2. The minimum atomic E-state index is -0.604. The fourth-order valence-electron chi connectivity index (χ4n) is 5.50. The first-order chi connectivity index (χ1) is 16.7. The first-order valence-corrected chi connectivity index (χ1v) is 12.2. The molecule has 0 spiro atoms. The van der Waals surface area contributed by atoms with Crippen LogP contribution in [0.25, 0.3) is 10.9 Å². The normalized spacial score (nSPS) is 19.7. The Balaban J connectivity index is 1.77. The summed E-state index contributed by atoms with van der Waals surface area (Å²) in [4.78, 5) is 42.7. The van der Waals surface area contributed by atoms with Crippen LogP contribution in [-0.4, -0.2) is 16.3 Å². The molecule has 1 unspecified atom stereocenters. The summed E-state index contributed by atoms with van der Waals surface area (Å²) in [6.45, 7) is 8.20. The second-order valence-corrected chi connectivity index (χ2v) is 10.6. The maximum Gasteiger partial charge on any atom is 0.255 e. The molecule has 1 aromatic heterocycles. The summed E-state index contributed by atoms with van der Waals surface area (Å²) in [5, 5.41) is 1.34. The molecule has 1 amide bonds. The molecule has 0 bridgehead atoms. The number of fused-ring (bicyclic) bond motifs is 1. The van der Waals surface area contributed by atoms with Crippen molar-refractivity contribution in [2.45, 2.75) is 45.6 Å². The Bertz CT molecular complexity index is 1470. The number of halogens is 1. The van der Waals surface area contributed by atoms with Gasteiger partial charge in [0.15, 0.2) is 5.78 Å². The number of Topliss-reactive ketones (excluding diaryl/α,β-unsaturated/α-hetero) is 1. The number of hydrogen-bond donors (Lipinski definition) is 0. The average Bonchev–Trinajstić information content (AvgIpc) is 2.80. The number of aromatic nitrogens is 1. The van der Waals surface area contributed by atoms with E-state index in [9.17, 15) is 14.4 Å². The summed E-state index contributed by atoms with van der Waals surface area (Å²) in [5.74, 6) is -0.727. The number of pyridine rings is 1. The first kappa shape index (κ1) is 23.3. The number of hydrogen-bond acceptors (Lipinski definition) is 3. The summed E-state index contributed by atoms with van der Waals surface area (Å²) < 4.78 is 1.64. The largest absolute Gasteiger partial charge is 0.304 e. The number of nitrogens with zero attached hydrogens (tertiary/aromatic N) is 2. The minimum absolute atomic E-state index is 0.00413. The molecule has 0 saturated heterocycles. The van der Waals surface area contributed by atoms with Gasteiger partial charge in [-0.3, -0.25) is 19.3 Å². The second-order valence-electron chi connectivity index (χ2n) is 10.1. The molecule has 1 aliphatic heterocycles. The van der Waals surface area contributed by atoms with Crippen molar-refractivity contribution in [3.8, 4) is 0 Å². The molecule has 2 aromatic carbocycles. The average molecular weight is 487 g/mol. The Morgan fingerprint density at radius 3 is 2.51 bits per heavy atom. The quantitative estimate of drug-likeness (QED) is 0.424. The van der Waals surface area contributed by atoms with Crippen molar-refractivity contribution in [2.24, 2.45) is 5.41 Å². The summed E-state index contributed by atoms with van der Waals surface area (Å²) >= 11 is 6.27. The fourth-order valence-corrected chi connectivity index (χ4v) is 5.68. The van der Waals surface area contributed by atoms with Gasteiger partial charge < -0.3 is 4.57 Å². The van der Waals surface area contributed by atoms with Crippen molar-refractivity contribution in [3.63, 3.8) is 0 Å². The molecule has 5 rings (SSSR count). The molecule has 35 heavy (non-hydrogen) atoms. The lowest BCUT2D eigenvalue weighted by Gasteiger charge is -2.42. The number of carbonyl (C=O) groups is 2. The van der Waals surface area contributed by atoms with Crippen LogP contribution in [0.5, 0.6) is 0 Å². The highest BCUT2D eigenvalue weighted by molar-refractivity contribution is 6.31. The number of amides is 1. The van der Waals surface area contributed by atoms with Gasteiger partial charge in [0.05, 0.1) is 5.52 Å². The van der Waals surface area contributed by atoms with E-state index in [-0.39, 0.29) is 29.1 Å². The van der Waals surface area contributed by atoms with E-state index in [2.05, 4.69) is 6.58 Å². The van der Waals surface area contributed by atoms with Crippen molar-refractivity contribution in [1.29, 1.82) is 0 Å². The summed E-state index contributed by atoms with van der Waals surface area (Å²) in [5.41, 5.74) is 2.71. The monoisotopic (exact) mass is 486 g/mol. The lowest BCUT2D eigenvalue weighted by Crippen LogP contribution is -2.44. The molecule has 6 heteroatoms. The molecule has 0 N–H and O–H groups in total. The smallest absolute Gasteiger partial charge is 0.255 e. The topological polar surface area (TPSA) is 59.4 Å². The van der Waals surface area contributed by atoms with Gasteiger partial charge in [-0.1, -0.05) is 49.7 Å². The molecule has 1 aliphatic carbocycles. The van der Waals surface area contributed by atoms with Crippen molar-refractivity contribution >= 4 is 39.9 Å². The van der Waals surface area contributed by atoms with Gasteiger partial charge in [0.1, 0.15) is 0 Å². The fraction of sp³-hybridized carbons (Fsp3) is 0.276. The molecule has 2 aliphatic rings. The third-order valence-corrected chi connectivity index (χ3v) is 7.16. The molecule has 2 heterocycles. The molecular formula is C29H27ClN2O3. The molecule has 5 nitrogen and oxygen atoms in total. The van der Waals surface area contributed by atoms with E-state index in [0.29, 0.717) is 41.2 Å². The van der Waals surface area contributed by atoms with E-state index in [1.807, 2.05) is 50.2 Å². The molecule has 3 aromatic rings. The summed E-state index contributed by atoms with van der Waals surface area (Å²) in [7, 11) is 0. The Hall–Kier alpha value is -3.44. The van der Waals surface area contributed by atoms with Crippen LogP contribution in [0.3, 0.4) is 0 Å². The van der Waals surface area contributed by atoms with E-state index < -0.39 is 5.92 Å². The van der Waals surface area contributed by atoms with E-state index in [0.717, 1.165) is 16.6 Å². The number of ketones is 1. The summed E-state index contributed by atoms with van der Waals surface area (Å²) in [6.07, 6.45) is 2.67. The second kappa shape index (κ2) is 8.65. The lowest BCUT2D eigenvalue weighted by atomic mass is 9.69. The zero-order valence-electron chi connectivity index (χ0n) is 19.9. The van der Waals surface area contributed by atoms with Crippen LogP contribution in [-0.2, 0) is 16.1 Å². The van der Waals surface area contributed by atoms with E-state index in [4.69, 9.17) is 11.6 Å². The van der Waals surface area contributed by atoms with Gasteiger partial charge in [-0.15, -0.1) is 6.58 Å².